The van der Waals surface area contributed by atoms with Crippen molar-refractivity contribution in [1.29, 1.82) is 0 Å². The Balaban J connectivity index is 0.000000397. The van der Waals surface area contributed by atoms with E-state index in [-0.39, 0.29) is 60.8 Å². The smallest absolute Gasteiger partial charge is 0.503 e. The van der Waals surface area contributed by atoms with Crippen LogP contribution in [0.15, 0.2) is 40.7 Å². The van der Waals surface area contributed by atoms with Crippen molar-refractivity contribution in [1.82, 2.24) is 34.1 Å². The molecule has 2 saturated heterocycles. The van der Waals surface area contributed by atoms with Crippen LogP contribution in [0.5, 0.6) is 11.5 Å². The Morgan fingerprint density at radius 1 is 1.12 bits per heavy atom. The third kappa shape index (κ3) is 9.05. The van der Waals surface area contributed by atoms with Crippen molar-refractivity contribution in [3.63, 3.8) is 0 Å². The predicted molar refractivity (Wildman–Crippen MR) is 178 cm³/mol. The van der Waals surface area contributed by atoms with Gasteiger partial charge in [0.25, 0.3) is 5.56 Å². The summed E-state index contributed by atoms with van der Waals surface area (Å²) in [5, 5.41) is 38.7. The van der Waals surface area contributed by atoms with E-state index in [1.165, 1.54) is 39.3 Å². The number of aromatic hydroxyl groups is 1. The van der Waals surface area contributed by atoms with Crippen LogP contribution in [0.4, 0.5) is 5.82 Å². The number of fused-ring (bicyclic) bond motifs is 1. The topological polar surface area (TPSA) is 294 Å². The van der Waals surface area contributed by atoms with Gasteiger partial charge in [0.2, 0.25) is 0 Å². The summed E-state index contributed by atoms with van der Waals surface area (Å²) in [7, 11) is 2.75. The number of nitrogen functional groups attached to an aromatic ring is 1. The van der Waals surface area contributed by atoms with E-state index in [2.05, 4.69) is 24.9 Å². The van der Waals surface area contributed by atoms with Crippen LogP contribution in [-0.4, -0.2) is 117 Å². The number of nitrogens with zero attached hydrogens (tertiary/aromatic N) is 6. The monoisotopic (exact) mass is 779 g/mol. The van der Waals surface area contributed by atoms with Crippen molar-refractivity contribution in [2.75, 3.05) is 33.2 Å². The fourth-order valence-electron chi connectivity index (χ4n) is 5.50. The Kier molecular flexibility index (Phi) is 14.4. The van der Waals surface area contributed by atoms with Gasteiger partial charge in [-0.3, -0.25) is 28.4 Å². The molecule has 278 valence electrons. The number of anilines is 1. The summed E-state index contributed by atoms with van der Waals surface area (Å²) >= 11 is 5.17. The second-order valence-corrected chi connectivity index (χ2v) is 14.0. The van der Waals surface area contributed by atoms with Crippen LogP contribution < -0.4 is 51.3 Å². The average Bonchev–Trinajstić information content (AvgIpc) is 3.80. The number of aromatic nitrogens is 7. The molecule has 2 aliphatic heterocycles. The number of nitrogens with two attached hydrogens (primary N) is 1. The Morgan fingerprint density at radius 3 is 2.52 bits per heavy atom. The summed E-state index contributed by atoms with van der Waals surface area (Å²) in [5.74, 6) is 0.489. The number of methoxy groups -OCH3 is 2. The predicted octanol–water partition coefficient (Wildman–Crippen LogP) is -4.27. The summed E-state index contributed by atoms with van der Waals surface area (Å²) in [6.45, 7) is -3.43. The second kappa shape index (κ2) is 17.9. The summed E-state index contributed by atoms with van der Waals surface area (Å²) in [6.07, 6.45) is -1.24. The fraction of sp³-hybridized carbons (Fsp3) is 0.500. The van der Waals surface area contributed by atoms with Gasteiger partial charge in [-0.2, -0.15) is 0 Å². The van der Waals surface area contributed by atoms with Gasteiger partial charge in [-0.15, -0.1) is 0 Å². The van der Waals surface area contributed by atoms with Gasteiger partial charge in [0.05, 0.1) is 45.1 Å². The third-order valence-electron chi connectivity index (χ3n) is 8.06. The molecule has 0 bridgehead atoms. The number of hydrogen-bond acceptors (Lipinski definition) is 18. The van der Waals surface area contributed by atoms with E-state index >= 15 is 0 Å². The van der Waals surface area contributed by atoms with Crippen molar-refractivity contribution >= 4 is 35.5 Å². The van der Waals surface area contributed by atoms with E-state index in [9.17, 15) is 29.8 Å². The summed E-state index contributed by atoms with van der Waals surface area (Å²) in [4.78, 5) is 52.8. The number of H-pyrrole nitrogens is 1. The molecule has 0 saturated carbocycles. The molecule has 0 aliphatic carbocycles. The van der Waals surface area contributed by atoms with Crippen LogP contribution in [0, 0.1) is 6.92 Å². The molecule has 24 heteroatoms. The number of hydrogen-bond donors (Lipinski definition) is 7. The zero-order chi connectivity index (χ0) is 37.0. The fourth-order valence-corrected chi connectivity index (χ4v) is 6.94. The number of nitrogens with one attached hydrogen (secondary N) is 1. The standard InChI is InChI=1S/C20H26N7O10PS.C8H11NO3.Na/c1-33-16-15(10(5-28)36-19(16)26-3-2-12(30)25-20(26)31)37-38(32,39)34-6-11-9(29)4-13(35-11)27-8-24-14-17(21)22-7-23-18(14)27;1-5-7(11)8(12-2)6(4-10)3-9-5;/h2-3,7-11,13,15-16,19,28-29H,4-6H2,1H3,(H,32,39)(H2,21,22,23)(H,25,30,31);3,10-11H,4H2,1-2H3;/q;;+1/t9?,10-,11-,13-,15?,16+,19-,38?;;/m1../s1. The van der Waals surface area contributed by atoms with Crippen LogP contribution >= 0.6 is 6.72 Å². The van der Waals surface area contributed by atoms with Crippen LogP contribution in [0.2, 0.25) is 0 Å². The van der Waals surface area contributed by atoms with E-state index in [0.717, 1.165) is 10.6 Å². The molecular formula is C28H37N8NaO13PS+. The Bertz CT molecular complexity index is 2000. The normalized spacial score (nSPS) is 25.2. The van der Waals surface area contributed by atoms with E-state index in [1.54, 1.807) is 11.5 Å². The van der Waals surface area contributed by atoms with E-state index < -0.39 is 67.6 Å². The zero-order valence-corrected chi connectivity index (χ0v) is 32.1. The molecule has 0 aromatic carbocycles. The Hall–Kier alpha value is -2.93. The molecule has 3 unspecified atom stereocenters. The molecule has 0 amide bonds. The van der Waals surface area contributed by atoms with Gasteiger partial charge in [-0.05, 0) is 18.7 Å². The molecule has 2 fully saturated rings. The SMILES string of the molecule is CO[C@H]1C(OP(O)(=S)OC[C@H]2O[C@@H](n3cnc4c(N)ncnc43)CC2O)[C@@H](CO)O[C@H]1n1ccc(=O)[nH]c1=O.COc1c(CO)cnc(C)c1O.[Na+]. The van der Waals surface area contributed by atoms with E-state index in [0.29, 0.717) is 28.2 Å². The molecule has 52 heavy (non-hydrogen) atoms. The Morgan fingerprint density at radius 2 is 1.87 bits per heavy atom. The second-order valence-electron chi connectivity index (χ2n) is 11.2. The van der Waals surface area contributed by atoms with E-state index in [1.807, 2.05) is 0 Å². The van der Waals surface area contributed by atoms with Crippen LogP contribution in [-0.2, 0) is 41.7 Å². The van der Waals surface area contributed by atoms with Gasteiger partial charge in [0.15, 0.2) is 29.2 Å². The maximum Gasteiger partial charge on any atom is 1.00 e. The number of pyridine rings is 1. The van der Waals surface area contributed by atoms with Crippen molar-refractivity contribution in [3.8, 4) is 11.5 Å². The zero-order valence-electron chi connectivity index (χ0n) is 28.4. The molecule has 4 aromatic heterocycles. The van der Waals surface area contributed by atoms with Crippen molar-refractivity contribution in [2.45, 2.75) is 62.9 Å². The van der Waals surface area contributed by atoms with Crippen molar-refractivity contribution in [2.24, 2.45) is 0 Å². The van der Waals surface area contributed by atoms with E-state index in [4.69, 9.17) is 50.6 Å². The van der Waals surface area contributed by atoms with Gasteiger partial charge in [0, 0.05) is 37.6 Å². The van der Waals surface area contributed by atoms with Gasteiger partial charge in [-0.1, -0.05) is 0 Å². The molecule has 6 heterocycles. The number of aryl methyl sites for hydroxylation is 1. The minimum atomic E-state index is -4.02. The molecule has 8 atom stereocenters. The summed E-state index contributed by atoms with van der Waals surface area (Å²) in [5.41, 5.74) is 6.25. The molecule has 6 rings (SSSR count). The van der Waals surface area contributed by atoms with Crippen molar-refractivity contribution < 1.29 is 82.9 Å². The van der Waals surface area contributed by atoms with Crippen LogP contribution in [0.25, 0.3) is 11.2 Å². The molecular weight excluding hydrogens is 742 g/mol. The number of aliphatic hydroxyl groups is 3. The largest absolute Gasteiger partial charge is 1.00 e. The average molecular weight is 780 g/mol. The minimum Gasteiger partial charge on any atom is -0.503 e. The van der Waals surface area contributed by atoms with Crippen LogP contribution in [0.1, 0.15) is 30.1 Å². The quantitative estimate of drug-likeness (QED) is 0.0560. The van der Waals surface area contributed by atoms with Gasteiger partial charge >= 0.3 is 42.0 Å². The van der Waals surface area contributed by atoms with Gasteiger partial charge in [-0.25, -0.2) is 19.7 Å². The molecule has 21 nitrogen and oxygen atoms in total. The maximum absolute atomic E-state index is 12.3. The first-order valence-electron chi connectivity index (χ1n) is 15.2. The molecule has 0 spiro atoms. The van der Waals surface area contributed by atoms with Gasteiger partial charge in [0.1, 0.15) is 42.5 Å². The number of aromatic amines is 1. The van der Waals surface area contributed by atoms with Gasteiger partial charge < -0.3 is 54.5 Å². The third-order valence-corrected chi connectivity index (χ3v) is 9.62. The minimum absolute atomic E-state index is 0. The summed E-state index contributed by atoms with van der Waals surface area (Å²) in [6, 6.07) is 1.12. The van der Waals surface area contributed by atoms with Crippen LogP contribution in [0.3, 0.4) is 0 Å². The molecule has 8 N–H and O–H groups in total. The maximum atomic E-state index is 12.3. The number of rotatable bonds is 11. The first-order chi connectivity index (χ1) is 24.3. The molecule has 0 radical (unpaired) electrons. The molecule has 2 aliphatic rings. The number of imidazole rings is 1. The number of ether oxygens (including phenoxy) is 4. The Labute approximate surface area is 321 Å². The first-order valence-corrected chi connectivity index (χ1v) is 17.8. The van der Waals surface area contributed by atoms with Crippen molar-refractivity contribution in [3.05, 3.63) is 63.2 Å². The summed E-state index contributed by atoms with van der Waals surface area (Å²) < 4.78 is 35.8. The number of aliphatic hydroxyl groups excluding tert-OH is 3. The molecule has 4 aromatic rings. The first kappa shape index (κ1) is 41.8.